The van der Waals surface area contributed by atoms with Crippen LogP contribution >= 0.6 is 34.9 Å². The Balaban J connectivity index is 2.04. The summed E-state index contributed by atoms with van der Waals surface area (Å²) in [7, 11) is -3.32. The van der Waals surface area contributed by atoms with Crippen molar-refractivity contribution in [2.75, 3.05) is 17.2 Å². The number of nitrogens with one attached hydrogen (secondary N) is 1. The van der Waals surface area contributed by atoms with Crippen LogP contribution in [-0.2, 0) is 10.0 Å². The molecule has 0 saturated heterocycles. The van der Waals surface area contributed by atoms with Crippen molar-refractivity contribution in [3.63, 3.8) is 0 Å². The number of Topliss-reactive ketones (excluding diaryl/α,β-unsaturated/α-hetero) is 1. The molecule has 10 heteroatoms. The van der Waals surface area contributed by atoms with Crippen LogP contribution in [0, 0.1) is 0 Å². The molecule has 0 unspecified atom stereocenters. The van der Waals surface area contributed by atoms with Crippen LogP contribution in [0.3, 0.4) is 0 Å². The molecule has 1 aromatic heterocycles. The molecule has 0 amide bonds. The molecule has 1 heterocycles. The van der Waals surface area contributed by atoms with Gasteiger partial charge in [-0.25, -0.2) is 8.42 Å². The van der Waals surface area contributed by atoms with Crippen LogP contribution in [-0.4, -0.2) is 42.2 Å². The molecule has 0 aliphatic rings. The monoisotopic (exact) mass is 389 g/mol. The molecule has 0 spiro atoms. The van der Waals surface area contributed by atoms with Crippen LogP contribution in [0.1, 0.15) is 17.3 Å². The number of anilines is 1. The first-order chi connectivity index (χ1) is 10.8. The van der Waals surface area contributed by atoms with Gasteiger partial charge in [-0.3, -0.25) is 9.52 Å². The lowest BCUT2D eigenvalue weighted by Gasteiger charge is -2.09. The van der Waals surface area contributed by atoms with Crippen LogP contribution in [0.5, 0.6) is 0 Å². The van der Waals surface area contributed by atoms with E-state index in [1.54, 1.807) is 24.3 Å². The lowest BCUT2D eigenvalue weighted by Crippen LogP contribution is -2.14. The summed E-state index contributed by atoms with van der Waals surface area (Å²) in [6.45, 7) is 1.82. The topological polar surface area (TPSA) is 89.0 Å². The molecule has 2 aromatic rings. The van der Waals surface area contributed by atoms with Crippen molar-refractivity contribution in [1.82, 2.24) is 10.2 Å². The van der Waals surface area contributed by atoms with Gasteiger partial charge in [0.05, 0.1) is 11.5 Å². The fourth-order valence-electron chi connectivity index (χ4n) is 1.68. The van der Waals surface area contributed by atoms with Crippen LogP contribution in [0.4, 0.5) is 5.69 Å². The van der Waals surface area contributed by atoms with E-state index in [1.165, 1.54) is 34.9 Å². The maximum absolute atomic E-state index is 12.4. The summed E-state index contributed by atoms with van der Waals surface area (Å²) in [6, 6.07) is 6.37. The predicted molar refractivity (Wildman–Crippen MR) is 96.2 cm³/mol. The van der Waals surface area contributed by atoms with Crippen LogP contribution < -0.4 is 4.72 Å². The minimum atomic E-state index is -3.32. The highest BCUT2D eigenvalue weighted by molar-refractivity contribution is 8.03. The molecule has 2 rings (SSSR count). The Kier molecular flexibility index (Phi) is 6.06. The number of benzene rings is 1. The average molecular weight is 390 g/mol. The normalized spacial score (nSPS) is 12.8. The zero-order valence-corrected chi connectivity index (χ0v) is 15.9. The summed E-state index contributed by atoms with van der Waals surface area (Å²) >= 11 is 4.34. The Morgan fingerprint density at radius 2 is 1.83 bits per heavy atom. The first kappa shape index (κ1) is 18.2. The molecule has 0 bridgehead atoms. The fourth-order valence-corrected chi connectivity index (χ4v) is 4.91. The number of rotatable bonds is 7. The van der Waals surface area contributed by atoms with Crippen molar-refractivity contribution in [3.05, 3.63) is 29.8 Å². The number of hydrogen-bond donors (Lipinski definition) is 1. The van der Waals surface area contributed by atoms with Gasteiger partial charge >= 0.3 is 0 Å². The van der Waals surface area contributed by atoms with E-state index in [0.29, 0.717) is 11.3 Å². The van der Waals surface area contributed by atoms with Gasteiger partial charge in [-0.15, -0.1) is 10.2 Å². The van der Waals surface area contributed by atoms with E-state index in [-0.39, 0.29) is 11.0 Å². The molecule has 0 saturated carbocycles. The van der Waals surface area contributed by atoms with Gasteiger partial charge in [0, 0.05) is 11.3 Å². The molecule has 0 aliphatic carbocycles. The Bertz CT molecular complexity index is 787. The second-order valence-electron chi connectivity index (χ2n) is 4.61. The van der Waals surface area contributed by atoms with Crippen molar-refractivity contribution in [2.24, 2.45) is 0 Å². The Morgan fingerprint density at radius 1 is 1.22 bits per heavy atom. The highest BCUT2D eigenvalue weighted by Gasteiger charge is 2.19. The van der Waals surface area contributed by atoms with Gasteiger partial charge in [0.1, 0.15) is 0 Å². The van der Waals surface area contributed by atoms with E-state index in [0.717, 1.165) is 14.9 Å². The van der Waals surface area contributed by atoms with Crippen molar-refractivity contribution in [1.29, 1.82) is 0 Å². The zero-order valence-electron chi connectivity index (χ0n) is 12.6. The van der Waals surface area contributed by atoms with Gasteiger partial charge in [-0.2, -0.15) is 0 Å². The van der Waals surface area contributed by atoms with Crippen LogP contribution in [0.15, 0.2) is 32.9 Å². The molecule has 1 aromatic carbocycles. The van der Waals surface area contributed by atoms with Crippen LogP contribution in [0.2, 0.25) is 0 Å². The van der Waals surface area contributed by atoms with Gasteiger partial charge in [0.2, 0.25) is 10.0 Å². The lowest BCUT2D eigenvalue weighted by molar-refractivity contribution is 0.0994. The molecule has 124 valence electrons. The first-order valence-corrected chi connectivity index (χ1v) is 11.3. The summed E-state index contributed by atoms with van der Waals surface area (Å²) in [6.07, 6.45) is 3.01. The minimum Gasteiger partial charge on any atom is -0.293 e. The van der Waals surface area contributed by atoms with Crippen molar-refractivity contribution in [2.45, 2.75) is 20.9 Å². The summed E-state index contributed by atoms with van der Waals surface area (Å²) in [5.74, 6) is -0.0400. The van der Waals surface area contributed by atoms with Crippen molar-refractivity contribution < 1.29 is 13.2 Å². The third-order valence-electron chi connectivity index (χ3n) is 2.68. The molecule has 23 heavy (non-hydrogen) atoms. The molecule has 0 fully saturated rings. The second-order valence-corrected chi connectivity index (χ2v) is 9.98. The third kappa shape index (κ3) is 5.48. The van der Waals surface area contributed by atoms with Gasteiger partial charge in [0.15, 0.2) is 14.5 Å². The van der Waals surface area contributed by atoms with E-state index < -0.39 is 10.0 Å². The maximum atomic E-state index is 12.4. The predicted octanol–water partition coefficient (Wildman–Crippen LogP) is 3.00. The zero-order chi connectivity index (χ0) is 17.0. The summed E-state index contributed by atoms with van der Waals surface area (Å²) in [5.41, 5.74) is 0.955. The summed E-state index contributed by atoms with van der Waals surface area (Å²) in [4.78, 5) is 12.4. The minimum absolute atomic E-state index is 0.0400. The number of sulfonamides is 1. The van der Waals surface area contributed by atoms with Gasteiger partial charge in [0.25, 0.3) is 0 Å². The molecule has 0 radical (unpaired) electrons. The number of carbonyl (C=O) groups is 1. The number of aromatic nitrogens is 2. The van der Waals surface area contributed by atoms with Gasteiger partial charge in [-0.05, 0) is 37.4 Å². The SMILES string of the molecule is CSc1nnc(S[C@@H](C)C(=O)c2ccc(NS(C)(=O)=O)cc2)s1. The molecular formula is C13H15N3O3S4. The smallest absolute Gasteiger partial charge is 0.229 e. The van der Waals surface area contributed by atoms with E-state index in [9.17, 15) is 13.2 Å². The number of thioether (sulfide) groups is 2. The van der Waals surface area contributed by atoms with Crippen LogP contribution in [0.25, 0.3) is 0 Å². The van der Waals surface area contributed by atoms with E-state index in [4.69, 9.17) is 0 Å². The number of nitrogens with zero attached hydrogens (tertiary/aromatic N) is 2. The fraction of sp³-hybridized carbons (Fsp3) is 0.308. The molecule has 1 N–H and O–H groups in total. The third-order valence-corrected chi connectivity index (χ3v) is 6.37. The summed E-state index contributed by atoms with van der Waals surface area (Å²) < 4.78 is 26.3. The lowest BCUT2D eigenvalue weighted by atomic mass is 10.1. The standard InChI is InChI=1S/C13H15N3O3S4/c1-8(21-13-15-14-12(20-2)22-13)11(17)9-4-6-10(7-5-9)16-23(3,18)19/h4-8,16H,1-3H3/t8-/m0/s1. The Hall–Kier alpha value is -1.10. The van der Waals surface area contributed by atoms with E-state index in [1.807, 2.05) is 13.2 Å². The number of carbonyl (C=O) groups excluding carboxylic acids is 1. The molecule has 0 aliphatic heterocycles. The van der Waals surface area contributed by atoms with Gasteiger partial charge in [-0.1, -0.05) is 34.9 Å². The molecular weight excluding hydrogens is 374 g/mol. The average Bonchev–Trinajstić information content (AvgIpc) is 2.93. The second kappa shape index (κ2) is 7.65. The Labute approximate surface area is 147 Å². The maximum Gasteiger partial charge on any atom is 0.229 e. The van der Waals surface area contributed by atoms with Crippen molar-refractivity contribution in [3.8, 4) is 0 Å². The quantitative estimate of drug-likeness (QED) is 0.575. The Morgan fingerprint density at radius 3 is 2.35 bits per heavy atom. The van der Waals surface area contributed by atoms with E-state index in [2.05, 4.69) is 14.9 Å². The highest BCUT2D eigenvalue weighted by Crippen LogP contribution is 2.31. The number of ketones is 1. The van der Waals surface area contributed by atoms with Gasteiger partial charge < -0.3 is 0 Å². The molecule has 6 nitrogen and oxygen atoms in total. The summed E-state index contributed by atoms with van der Waals surface area (Å²) in [5, 5.41) is 7.74. The van der Waals surface area contributed by atoms with E-state index >= 15 is 0 Å². The largest absolute Gasteiger partial charge is 0.293 e. The van der Waals surface area contributed by atoms with Crippen molar-refractivity contribution >= 4 is 56.4 Å². The molecule has 1 atom stereocenters. The highest BCUT2D eigenvalue weighted by atomic mass is 32.2. The first-order valence-electron chi connectivity index (χ1n) is 6.44. The number of hydrogen-bond acceptors (Lipinski definition) is 8.